The molecule has 2 amide bonds. The first-order valence-electron chi connectivity index (χ1n) is 10.5. The number of carbonyl (C=O) groups is 2. The Kier molecular flexibility index (Phi) is 6.55. The van der Waals surface area contributed by atoms with Crippen LogP contribution in [0.25, 0.3) is 0 Å². The number of likely N-dealkylation sites (tertiary alicyclic amines) is 1. The lowest BCUT2D eigenvalue weighted by Gasteiger charge is -2.32. The first-order valence-corrected chi connectivity index (χ1v) is 11.6. The fourth-order valence-electron chi connectivity index (χ4n) is 4.25. The van der Waals surface area contributed by atoms with E-state index in [-0.39, 0.29) is 17.1 Å². The zero-order valence-corrected chi connectivity index (χ0v) is 17.5. The molecule has 2 aliphatic heterocycles. The third-order valence-electron chi connectivity index (χ3n) is 5.99. The number of hydrogen-bond donors (Lipinski definition) is 1. The summed E-state index contributed by atoms with van der Waals surface area (Å²) in [5.74, 6) is 1.23. The zero-order chi connectivity index (χ0) is 20.1. The molecule has 152 valence electrons. The first-order chi connectivity index (χ1) is 14.2. The van der Waals surface area contributed by atoms with Gasteiger partial charge in [0.25, 0.3) is 0 Å². The van der Waals surface area contributed by atoms with Gasteiger partial charge in [-0.2, -0.15) is 0 Å². The van der Waals surface area contributed by atoms with Crippen molar-refractivity contribution in [3.05, 3.63) is 65.7 Å². The normalized spacial score (nSPS) is 19.9. The second kappa shape index (κ2) is 9.49. The third-order valence-corrected chi connectivity index (χ3v) is 7.25. The Morgan fingerprint density at radius 1 is 1.00 bits per heavy atom. The standard InChI is InChI=1S/C24H28N2O2S/c27-23(26-14-12-19(13-15-26)16-18-6-2-1-3-7-18)17-29-22-11-10-20-8-4-5-9-21(20)25-24(22)28/h1-9,19,22H,10-17H2,(H,25,28)/t22-/m1/s1. The van der Waals surface area contributed by atoms with Gasteiger partial charge < -0.3 is 10.2 Å². The number of hydrogen-bond acceptors (Lipinski definition) is 3. The second-order valence-electron chi connectivity index (χ2n) is 8.00. The van der Waals surface area contributed by atoms with Crippen molar-refractivity contribution in [2.45, 2.75) is 37.4 Å². The lowest BCUT2D eigenvalue weighted by Crippen LogP contribution is -2.40. The Bertz CT molecular complexity index is 847. The summed E-state index contributed by atoms with van der Waals surface area (Å²) in [5.41, 5.74) is 3.47. The number of carbonyl (C=O) groups excluding carboxylic acids is 2. The van der Waals surface area contributed by atoms with Crippen LogP contribution in [0, 0.1) is 5.92 Å². The molecule has 2 heterocycles. The predicted molar refractivity (Wildman–Crippen MR) is 119 cm³/mol. The maximum Gasteiger partial charge on any atom is 0.237 e. The van der Waals surface area contributed by atoms with E-state index in [2.05, 4.69) is 41.7 Å². The molecule has 1 atom stereocenters. The summed E-state index contributed by atoms with van der Waals surface area (Å²) < 4.78 is 0. The molecule has 2 aromatic carbocycles. The molecule has 0 bridgehead atoms. The molecule has 0 spiro atoms. The van der Waals surface area contributed by atoms with Gasteiger partial charge in [-0.3, -0.25) is 9.59 Å². The maximum absolute atomic E-state index is 12.7. The molecule has 1 fully saturated rings. The molecule has 2 aromatic rings. The van der Waals surface area contributed by atoms with Gasteiger partial charge in [-0.25, -0.2) is 0 Å². The van der Waals surface area contributed by atoms with E-state index >= 15 is 0 Å². The number of aryl methyl sites for hydroxylation is 1. The van der Waals surface area contributed by atoms with Crippen LogP contribution in [0.4, 0.5) is 5.69 Å². The van der Waals surface area contributed by atoms with Crippen molar-refractivity contribution in [2.75, 3.05) is 24.2 Å². The van der Waals surface area contributed by atoms with E-state index in [4.69, 9.17) is 0 Å². The summed E-state index contributed by atoms with van der Waals surface area (Å²) in [7, 11) is 0. The van der Waals surface area contributed by atoms with Crippen molar-refractivity contribution in [1.29, 1.82) is 0 Å². The van der Waals surface area contributed by atoms with E-state index in [1.54, 1.807) is 0 Å². The summed E-state index contributed by atoms with van der Waals surface area (Å²) >= 11 is 1.49. The monoisotopic (exact) mass is 408 g/mol. The minimum Gasteiger partial charge on any atom is -0.342 e. The molecule has 0 saturated carbocycles. The number of nitrogens with zero attached hydrogens (tertiary/aromatic N) is 1. The molecule has 0 aliphatic carbocycles. The number of para-hydroxylation sites is 1. The lowest BCUT2D eigenvalue weighted by molar-refractivity contribution is -0.129. The van der Waals surface area contributed by atoms with Crippen molar-refractivity contribution in [2.24, 2.45) is 5.92 Å². The van der Waals surface area contributed by atoms with Crippen LogP contribution in [0.15, 0.2) is 54.6 Å². The van der Waals surface area contributed by atoms with E-state index in [0.29, 0.717) is 11.7 Å². The summed E-state index contributed by atoms with van der Waals surface area (Å²) in [6.45, 7) is 1.67. The summed E-state index contributed by atoms with van der Waals surface area (Å²) in [6, 6.07) is 18.6. The van der Waals surface area contributed by atoms with Crippen LogP contribution in [-0.2, 0) is 22.4 Å². The summed E-state index contributed by atoms with van der Waals surface area (Å²) in [4.78, 5) is 27.2. The Labute approximate surface area is 177 Å². The predicted octanol–water partition coefficient (Wildman–Crippen LogP) is 4.15. The van der Waals surface area contributed by atoms with Crippen LogP contribution in [0.2, 0.25) is 0 Å². The van der Waals surface area contributed by atoms with Crippen LogP contribution in [0.3, 0.4) is 0 Å². The number of nitrogens with one attached hydrogen (secondary N) is 1. The fraction of sp³-hybridized carbons (Fsp3) is 0.417. The average molecular weight is 409 g/mol. The smallest absolute Gasteiger partial charge is 0.237 e. The number of thioether (sulfide) groups is 1. The van der Waals surface area contributed by atoms with Gasteiger partial charge in [0.1, 0.15) is 0 Å². The molecule has 2 aliphatic rings. The Hall–Kier alpha value is -2.27. The van der Waals surface area contributed by atoms with Crippen molar-refractivity contribution in [1.82, 2.24) is 4.90 Å². The largest absolute Gasteiger partial charge is 0.342 e. The van der Waals surface area contributed by atoms with Crippen LogP contribution in [0.1, 0.15) is 30.4 Å². The van der Waals surface area contributed by atoms with Gasteiger partial charge >= 0.3 is 0 Å². The molecule has 0 radical (unpaired) electrons. The minimum absolute atomic E-state index is 0.0225. The molecule has 29 heavy (non-hydrogen) atoms. The topological polar surface area (TPSA) is 49.4 Å². The number of amides is 2. The quantitative estimate of drug-likeness (QED) is 0.808. The van der Waals surface area contributed by atoms with Crippen molar-refractivity contribution in [3.8, 4) is 0 Å². The molecule has 4 rings (SSSR count). The second-order valence-corrected chi connectivity index (χ2v) is 9.19. The van der Waals surface area contributed by atoms with Gasteiger partial charge in [-0.05, 0) is 55.2 Å². The van der Waals surface area contributed by atoms with Gasteiger partial charge in [0, 0.05) is 18.8 Å². The third kappa shape index (κ3) is 5.21. The Morgan fingerprint density at radius 2 is 1.72 bits per heavy atom. The highest BCUT2D eigenvalue weighted by molar-refractivity contribution is 8.01. The number of benzene rings is 2. The van der Waals surface area contributed by atoms with Gasteiger partial charge in [-0.15, -0.1) is 11.8 Å². The first kappa shape index (κ1) is 20.0. The fourth-order valence-corrected chi connectivity index (χ4v) is 5.27. The SMILES string of the molecule is O=C1Nc2ccccc2CC[C@H]1SCC(=O)N1CCC(Cc2ccccc2)CC1. The molecule has 1 saturated heterocycles. The van der Waals surface area contributed by atoms with E-state index in [0.717, 1.165) is 50.9 Å². The molecule has 4 nitrogen and oxygen atoms in total. The highest BCUT2D eigenvalue weighted by Gasteiger charge is 2.27. The summed E-state index contributed by atoms with van der Waals surface area (Å²) in [5, 5.41) is 2.86. The highest BCUT2D eigenvalue weighted by atomic mass is 32.2. The van der Waals surface area contributed by atoms with E-state index in [1.807, 2.05) is 23.1 Å². The van der Waals surface area contributed by atoms with Crippen molar-refractivity contribution < 1.29 is 9.59 Å². The molecular formula is C24H28N2O2S. The maximum atomic E-state index is 12.7. The zero-order valence-electron chi connectivity index (χ0n) is 16.7. The number of piperidine rings is 1. The van der Waals surface area contributed by atoms with Crippen molar-refractivity contribution >= 4 is 29.3 Å². The van der Waals surface area contributed by atoms with Crippen LogP contribution < -0.4 is 5.32 Å². The van der Waals surface area contributed by atoms with Crippen molar-refractivity contribution in [3.63, 3.8) is 0 Å². The number of fused-ring (bicyclic) bond motifs is 1. The van der Waals surface area contributed by atoms with E-state index in [9.17, 15) is 9.59 Å². The van der Waals surface area contributed by atoms with Gasteiger partial charge in [0.15, 0.2) is 0 Å². The Morgan fingerprint density at radius 3 is 2.52 bits per heavy atom. The van der Waals surface area contributed by atoms with Gasteiger partial charge in [-0.1, -0.05) is 48.5 Å². The van der Waals surface area contributed by atoms with Crippen LogP contribution in [0.5, 0.6) is 0 Å². The summed E-state index contributed by atoms with van der Waals surface area (Å²) in [6.07, 6.45) is 4.86. The van der Waals surface area contributed by atoms with E-state index in [1.165, 1.54) is 22.9 Å². The lowest BCUT2D eigenvalue weighted by atomic mass is 9.90. The average Bonchev–Trinajstić information content (AvgIpc) is 2.91. The number of rotatable bonds is 5. The molecule has 0 unspecified atom stereocenters. The minimum atomic E-state index is -0.165. The van der Waals surface area contributed by atoms with Crippen LogP contribution >= 0.6 is 11.8 Å². The van der Waals surface area contributed by atoms with Gasteiger partial charge in [0.05, 0.1) is 11.0 Å². The molecule has 0 aromatic heterocycles. The molecule has 1 N–H and O–H groups in total. The molecular weight excluding hydrogens is 380 g/mol. The van der Waals surface area contributed by atoms with E-state index < -0.39 is 0 Å². The highest BCUT2D eigenvalue weighted by Crippen LogP contribution is 2.28. The molecule has 5 heteroatoms. The Balaban J connectivity index is 1.23. The van der Waals surface area contributed by atoms with Crippen LogP contribution in [-0.4, -0.2) is 40.8 Å². The number of anilines is 1. The van der Waals surface area contributed by atoms with Gasteiger partial charge in [0.2, 0.25) is 11.8 Å².